The molecule has 2 aliphatic rings. The average Bonchev–Trinajstić information content (AvgIpc) is 3.44. The van der Waals surface area contributed by atoms with Gasteiger partial charge in [-0.1, -0.05) is 48.0 Å². The number of fused-ring (bicyclic) bond motifs is 1. The minimum absolute atomic E-state index is 0.145. The van der Waals surface area contributed by atoms with Gasteiger partial charge < -0.3 is 29.2 Å². The number of likely N-dealkylation sites (tertiary alicyclic amines) is 1. The maximum atomic E-state index is 11.9. The summed E-state index contributed by atoms with van der Waals surface area (Å²) in [6, 6.07) is 23.8. The van der Waals surface area contributed by atoms with Gasteiger partial charge in [0.25, 0.3) is 0 Å². The Morgan fingerprint density at radius 3 is 2.57 bits per heavy atom. The number of nitriles is 1. The number of rotatable bonds is 10. The highest BCUT2D eigenvalue weighted by atomic mass is 35.5. The van der Waals surface area contributed by atoms with Gasteiger partial charge in [-0.15, -0.1) is 0 Å². The van der Waals surface area contributed by atoms with Gasteiger partial charge in [0.15, 0.2) is 11.5 Å². The molecule has 1 fully saturated rings. The van der Waals surface area contributed by atoms with Gasteiger partial charge in [0.05, 0.1) is 22.8 Å². The quantitative estimate of drug-likeness (QED) is 0.211. The highest BCUT2D eigenvalue weighted by Crippen LogP contribution is 2.38. The zero-order valence-corrected chi connectivity index (χ0v) is 26.0. The first-order valence-electron chi connectivity index (χ1n) is 15.0. The lowest BCUT2D eigenvalue weighted by Crippen LogP contribution is -2.35. The summed E-state index contributed by atoms with van der Waals surface area (Å²) in [4.78, 5) is 13.6. The Hall–Kier alpha value is -4.75. The molecule has 0 bridgehead atoms. The van der Waals surface area contributed by atoms with Gasteiger partial charge in [-0.3, -0.25) is 9.69 Å². The van der Waals surface area contributed by atoms with Crippen molar-refractivity contribution in [1.29, 1.82) is 5.26 Å². The van der Waals surface area contributed by atoms with Crippen molar-refractivity contribution >= 4 is 17.6 Å². The highest BCUT2D eigenvalue weighted by molar-refractivity contribution is 6.32. The Labute approximate surface area is 272 Å². The predicted molar refractivity (Wildman–Crippen MR) is 171 cm³/mol. The molecule has 0 saturated carbocycles. The Balaban J connectivity index is 1.25. The maximum absolute atomic E-state index is 11.9. The minimum atomic E-state index is -0.993. The predicted octanol–water partition coefficient (Wildman–Crippen LogP) is 6.14. The number of carbonyl (C=O) groups is 1. The molecule has 2 atom stereocenters. The largest absolute Gasteiger partial charge is 0.488 e. The first kappa shape index (κ1) is 31.2. The van der Waals surface area contributed by atoms with E-state index in [1.54, 1.807) is 35.2 Å². The first-order valence-corrected chi connectivity index (χ1v) is 15.4. The van der Waals surface area contributed by atoms with E-state index in [2.05, 4.69) is 12.1 Å². The second kappa shape index (κ2) is 13.7. The van der Waals surface area contributed by atoms with Gasteiger partial charge in [0.1, 0.15) is 44.0 Å². The standard InChI is InChI=1S/C36H33ClN2O7/c1-22-26(6-3-7-29(22)25-8-9-32-35(14-25)44-11-10-43-32)21-46-34-16-33(45-20-24-5-2-4-23(12-24)17-38)27(13-30(34)37)18-39-19-28(40)15-31(39)36(41)42/h2-9,12-14,16,28,31,40H,10-11,15,18-21H2,1H3,(H,41,42)/t28-,31+/m0/s1. The summed E-state index contributed by atoms with van der Waals surface area (Å²) in [6.45, 7) is 3.93. The minimum Gasteiger partial charge on any atom is -0.488 e. The lowest BCUT2D eigenvalue weighted by molar-refractivity contribution is -0.142. The van der Waals surface area contributed by atoms with Crippen LogP contribution in [0.3, 0.4) is 0 Å². The Morgan fingerprint density at radius 1 is 0.978 bits per heavy atom. The number of carboxylic acids is 1. The van der Waals surface area contributed by atoms with Crippen LogP contribution in [0, 0.1) is 18.3 Å². The van der Waals surface area contributed by atoms with Crippen LogP contribution in [0.4, 0.5) is 0 Å². The molecule has 4 aromatic rings. The molecule has 10 heteroatoms. The molecular formula is C36H33ClN2O7. The fraction of sp³-hybridized carbons (Fsp3) is 0.278. The third-order valence-corrected chi connectivity index (χ3v) is 8.58. The number of aliphatic hydroxyl groups excluding tert-OH is 1. The van der Waals surface area contributed by atoms with Gasteiger partial charge in [-0.2, -0.15) is 5.26 Å². The summed E-state index contributed by atoms with van der Waals surface area (Å²) in [6.07, 6.45) is -0.593. The third-order valence-electron chi connectivity index (χ3n) is 8.29. The van der Waals surface area contributed by atoms with Crippen molar-refractivity contribution < 1.29 is 34.0 Å². The third kappa shape index (κ3) is 6.90. The Bertz CT molecular complexity index is 1800. The number of ether oxygens (including phenoxy) is 4. The van der Waals surface area contributed by atoms with Crippen molar-refractivity contribution in [3.63, 3.8) is 0 Å². The summed E-state index contributed by atoms with van der Waals surface area (Å²) in [5, 5.41) is 29.6. The molecule has 0 unspecified atom stereocenters. The molecule has 236 valence electrons. The maximum Gasteiger partial charge on any atom is 0.321 e. The Morgan fingerprint density at radius 2 is 1.76 bits per heavy atom. The van der Waals surface area contributed by atoms with Gasteiger partial charge in [-0.25, -0.2) is 0 Å². The molecule has 2 heterocycles. The average molecular weight is 641 g/mol. The molecule has 9 nitrogen and oxygen atoms in total. The summed E-state index contributed by atoms with van der Waals surface area (Å²) in [7, 11) is 0. The van der Waals surface area contributed by atoms with Crippen LogP contribution in [-0.2, 0) is 24.6 Å². The highest BCUT2D eigenvalue weighted by Gasteiger charge is 2.36. The van der Waals surface area contributed by atoms with Gasteiger partial charge in [0.2, 0.25) is 0 Å². The van der Waals surface area contributed by atoms with E-state index in [9.17, 15) is 20.3 Å². The SMILES string of the molecule is Cc1c(COc2cc(OCc3cccc(C#N)c3)c(CN3C[C@@H](O)C[C@@H]3C(=O)O)cc2Cl)cccc1-c1ccc2c(c1)OCCO2. The molecule has 4 aromatic carbocycles. The number of benzene rings is 4. The number of β-amino-alcohol motifs (C(OH)–C–C–N with tert-alkyl or cyclic N) is 1. The van der Waals surface area contributed by atoms with E-state index in [0.29, 0.717) is 40.9 Å². The number of aliphatic carboxylic acids is 1. The zero-order valence-electron chi connectivity index (χ0n) is 25.2. The molecule has 0 aromatic heterocycles. The lowest BCUT2D eigenvalue weighted by Gasteiger charge is -2.23. The molecular weight excluding hydrogens is 608 g/mol. The van der Waals surface area contributed by atoms with Crippen molar-refractivity contribution in [2.45, 2.75) is 45.2 Å². The molecule has 2 aliphatic heterocycles. The van der Waals surface area contributed by atoms with E-state index in [1.807, 2.05) is 43.3 Å². The normalized spacial score (nSPS) is 17.3. The lowest BCUT2D eigenvalue weighted by atomic mass is 9.96. The molecule has 1 saturated heterocycles. The molecule has 6 rings (SSSR count). The molecule has 0 radical (unpaired) electrons. The number of aliphatic hydroxyl groups is 1. The van der Waals surface area contributed by atoms with Crippen LogP contribution in [0.1, 0.15) is 34.2 Å². The summed E-state index contributed by atoms with van der Waals surface area (Å²) in [5.41, 5.74) is 6.05. The zero-order chi connectivity index (χ0) is 32.2. The first-order chi connectivity index (χ1) is 22.3. The van der Waals surface area contributed by atoms with Crippen LogP contribution in [0.25, 0.3) is 11.1 Å². The van der Waals surface area contributed by atoms with E-state index < -0.39 is 18.1 Å². The summed E-state index contributed by atoms with van der Waals surface area (Å²) < 4.78 is 24.0. The number of hydrogen-bond acceptors (Lipinski definition) is 8. The number of hydrogen-bond donors (Lipinski definition) is 2. The Kier molecular flexibility index (Phi) is 9.31. The van der Waals surface area contributed by atoms with Gasteiger partial charge in [-0.05, 0) is 65.1 Å². The van der Waals surface area contributed by atoms with E-state index >= 15 is 0 Å². The van der Waals surface area contributed by atoms with Crippen LogP contribution in [0.15, 0.2) is 72.8 Å². The van der Waals surface area contributed by atoms with Crippen LogP contribution in [0.2, 0.25) is 5.02 Å². The van der Waals surface area contributed by atoms with E-state index in [-0.39, 0.29) is 32.7 Å². The number of carboxylic acid groups (broad SMARTS) is 1. The van der Waals surface area contributed by atoms with Crippen LogP contribution >= 0.6 is 11.6 Å². The summed E-state index contributed by atoms with van der Waals surface area (Å²) in [5.74, 6) is 1.34. The smallest absolute Gasteiger partial charge is 0.321 e. The number of halogens is 1. The van der Waals surface area contributed by atoms with Crippen molar-refractivity contribution in [3.05, 3.63) is 106 Å². The molecule has 0 amide bonds. The van der Waals surface area contributed by atoms with E-state index in [1.165, 1.54) is 0 Å². The van der Waals surface area contributed by atoms with E-state index in [0.717, 1.165) is 39.3 Å². The second-order valence-corrected chi connectivity index (χ2v) is 11.8. The fourth-order valence-electron chi connectivity index (χ4n) is 5.88. The van der Waals surface area contributed by atoms with Gasteiger partial charge in [0, 0.05) is 31.1 Å². The second-order valence-electron chi connectivity index (χ2n) is 11.4. The van der Waals surface area contributed by atoms with Crippen molar-refractivity contribution in [2.24, 2.45) is 0 Å². The van der Waals surface area contributed by atoms with E-state index in [4.69, 9.17) is 30.5 Å². The van der Waals surface area contributed by atoms with Gasteiger partial charge >= 0.3 is 5.97 Å². The fourth-order valence-corrected chi connectivity index (χ4v) is 6.13. The van der Waals surface area contributed by atoms with Crippen LogP contribution < -0.4 is 18.9 Å². The molecule has 0 spiro atoms. The van der Waals surface area contributed by atoms with Crippen molar-refractivity contribution in [3.8, 4) is 40.2 Å². The topological polar surface area (TPSA) is 121 Å². The number of nitrogens with zero attached hydrogens (tertiary/aromatic N) is 2. The summed E-state index contributed by atoms with van der Waals surface area (Å²) >= 11 is 6.75. The van der Waals surface area contributed by atoms with Crippen LogP contribution in [-0.4, -0.2) is 53.0 Å². The van der Waals surface area contributed by atoms with Crippen LogP contribution in [0.5, 0.6) is 23.0 Å². The molecule has 2 N–H and O–H groups in total. The molecule has 46 heavy (non-hydrogen) atoms. The van der Waals surface area contributed by atoms with Crippen molar-refractivity contribution in [1.82, 2.24) is 4.90 Å². The van der Waals surface area contributed by atoms with Crippen molar-refractivity contribution in [2.75, 3.05) is 19.8 Å². The monoisotopic (exact) mass is 640 g/mol. The molecule has 0 aliphatic carbocycles.